The van der Waals surface area contributed by atoms with Gasteiger partial charge in [0.25, 0.3) is 0 Å². The van der Waals surface area contributed by atoms with Crippen LogP contribution in [0.5, 0.6) is 0 Å². The summed E-state index contributed by atoms with van der Waals surface area (Å²) in [6.45, 7) is 2.21. The second-order valence-corrected chi connectivity index (χ2v) is 6.39. The smallest absolute Gasteiger partial charge is 0.135 e. The van der Waals surface area contributed by atoms with Gasteiger partial charge in [0.2, 0.25) is 0 Å². The predicted molar refractivity (Wildman–Crippen MR) is 97.4 cm³/mol. The minimum absolute atomic E-state index is 1.08. The van der Waals surface area contributed by atoms with Crippen LogP contribution in [0.25, 0.3) is 31.3 Å². The maximum Gasteiger partial charge on any atom is 0.154 e. The van der Waals surface area contributed by atoms with Crippen LogP contribution in [0.4, 0.5) is 0 Å². The lowest BCUT2D eigenvalue weighted by molar-refractivity contribution is 1.70. The zero-order chi connectivity index (χ0) is 14.2. The van der Waals surface area contributed by atoms with E-state index in [1.54, 1.807) is 0 Å². The van der Waals surface area contributed by atoms with E-state index >= 15 is 0 Å². The Morgan fingerprint density at radius 1 is 0.810 bits per heavy atom. The van der Waals surface area contributed by atoms with Gasteiger partial charge in [0.1, 0.15) is 0 Å². The van der Waals surface area contributed by atoms with Gasteiger partial charge in [-0.05, 0) is 17.2 Å². The van der Waals surface area contributed by atoms with E-state index in [0.29, 0.717) is 0 Å². The first-order valence-corrected chi connectivity index (χ1v) is 8.18. The minimum Gasteiger partial charge on any atom is -0.135 e. The molecule has 2 heteroatoms. The summed E-state index contributed by atoms with van der Waals surface area (Å²) in [7, 11) is 1.08. The van der Waals surface area contributed by atoms with Crippen LogP contribution in [0.2, 0.25) is 6.82 Å². The highest BCUT2D eigenvalue weighted by atomic mass is 32.1. The van der Waals surface area contributed by atoms with Gasteiger partial charge in [-0.3, -0.25) is 0 Å². The number of rotatable bonds is 2. The second kappa shape index (κ2) is 5.05. The van der Waals surface area contributed by atoms with Crippen molar-refractivity contribution in [1.82, 2.24) is 0 Å². The Balaban J connectivity index is 2.04. The fraction of sp³-hybridized carbons (Fsp3) is 0.0526. The molecule has 0 aliphatic carbocycles. The highest BCUT2D eigenvalue weighted by Crippen LogP contribution is 2.39. The molecular weight excluding hydrogens is 271 g/mol. The fourth-order valence-corrected chi connectivity index (χ4v) is 4.17. The van der Waals surface area contributed by atoms with E-state index in [0.717, 1.165) is 7.28 Å². The first kappa shape index (κ1) is 12.7. The Morgan fingerprint density at radius 3 is 2.52 bits per heavy atom. The van der Waals surface area contributed by atoms with E-state index in [1.807, 2.05) is 11.3 Å². The van der Waals surface area contributed by atoms with Crippen molar-refractivity contribution in [1.29, 1.82) is 0 Å². The molecule has 1 aromatic heterocycles. The standard InChI is InChI=1S/C19H15BS/c1-20-14-7-4-6-13(12-14)15-9-5-10-17-16-8-2-3-11-18(16)21-19(15)17/h2-12,20H,1H3. The average molecular weight is 286 g/mol. The number of hydrogen-bond donors (Lipinski definition) is 0. The van der Waals surface area contributed by atoms with Gasteiger partial charge < -0.3 is 0 Å². The summed E-state index contributed by atoms with van der Waals surface area (Å²) >= 11 is 1.90. The third-order valence-electron chi connectivity index (χ3n) is 4.05. The Hall–Kier alpha value is -2.06. The number of fused-ring (bicyclic) bond motifs is 3. The largest absolute Gasteiger partial charge is 0.154 e. The molecule has 0 saturated carbocycles. The van der Waals surface area contributed by atoms with Crippen molar-refractivity contribution in [2.45, 2.75) is 6.82 Å². The molecule has 0 unspecified atom stereocenters. The Labute approximate surface area is 129 Å². The van der Waals surface area contributed by atoms with Crippen LogP contribution in [0, 0.1) is 0 Å². The topological polar surface area (TPSA) is 0 Å². The number of thiophene rings is 1. The molecule has 0 aliphatic heterocycles. The Bertz CT molecular complexity index is 937. The highest BCUT2D eigenvalue weighted by Gasteiger charge is 2.09. The van der Waals surface area contributed by atoms with Gasteiger partial charge in [-0.25, -0.2) is 0 Å². The molecule has 1 heterocycles. The molecule has 0 atom stereocenters. The van der Waals surface area contributed by atoms with Crippen LogP contribution in [-0.2, 0) is 0 Å². The van der Waals surface area contributed by atoms with E-state index < -0.39 is 0 Å². The first-order valence-electron chi connectivity index (χ1n) is 7.36. The fourth-order valence-electron chi connectivity index (χ4n) is 2.93. The summed E-state index contributed by atoms with van der Waals surface area (Å²) in [6, 6.07) is 24.2. The van der Waals surface area contributed by atoms with Crippen molar-refractivity contribution in [2.75, 3.05) is 0 Å². The zero-order valence-electron chi connectivity index (χ0n) is 12.0. The SMILES string of the molecule is CBc1cccc(-c2cccc3c2sc2ccccc23)c1. The van der Waals surface area contributed by atoms with Gasteiger partial charge in [-0.15, -0.1) is 11.3 Å². The summed E-state index contributed by atoms with van der Waals surface area (Å²) in [5, 5.41) is 2.74. The van der Waals surface area contributed by atoms with Crippen molar-refractivity contribution in [2.24, 2.45) is 0 Å². The minimum atomic E-state index is 1.08. The Morgan fingerprint density at radius 2 is 1.62 bits per heavy atom. The molecular formula is C19H15BS. The third kappa shape index (κ3) is 2.07. The molecule has 4 aromatic rings. The molecule has 0 amide bonds. The van der Waals surface area contributed by atoms with E-state index in [1.165, 1.54) is 36.8 Å². The number of benzene rings is 3. The summed E-state index contributed by atoms with van der Waals surface area (Å²) in [4.78, 5) is 0. The van der Waals surface area contributed by atoms with E-state index in [-0.39, 0.29) is 0 Å². The van der Waals surface area contributed by atoms with Gasteiger partial charge in [-0.1, -0.05) is 72.9 Å². The quantitative estimate of drug-likeness (QED) is 0.463. The Kier molecular flexibility index (Phi) is 3.05. The molecule has 0 bridgehead atoms. The molecule has 3 aromatic carbocycles. The van der Waals surface area contributed by atoms with Crippen molar-refractivity contribution >= 4 is 44.3 Å². The van der Waals surface area contributed by atoms with Crippen LogP contribution >= 0.6 is 11.3 Å². The van der Waals surface area contributed by atoms with Crippen molar-refractivity contribution in [3.05, 3.63) is 66.7 Å². The highest BCUT2D eigenvalue weighted by molar-refractivity contribution is 7.26. The van der Waals surface area contributed by atoms with Crippen molar-refractivity contribution in [3.63, 3.8) is 0 Å². The molecule has 0 nitrogen and oxygen atoms in total. The predicted octanol–water partition coefficient (Wildman–Crippen LogP) is 4.83. The lowest BCUT2D eigenvalue weighted by Gasteiger charge is -2.05. The molecule has 0 fully saturated rings. The zero-order valence-corrected chi connectivity index (χ0v) is 12.8. The molecule has 0 N–H and O–H groups in total. The average Bonchev–Trinajstić information content (AvgIpc) is 2.93. The van der Waals surface area contributed by atoms with Gasteiger partial charge in [0.15, 0.2) is 7.28 Å². The summed E-state index contributed by atoms with van der Waals surface area (Å²) < 4.78 is 2.76. The maximum atomic E-state index is 2.32. The van der Waals surface area contributed by atoms with Crippen molar-refractivity contribution < 1.29 is 0 Å². The van der Waals surface area contributed by atoms with Gasteiger partial charge in [-0.2, -0.15) is 0 Å². The molecule has 21 heavy (non-hydrogen) atoms. The number of hydrogen-bond acceptors (Lipinski definition) is 1. The van der Waals surface area contributed by atoms with E-state index in [9.17, 15) is 0 Å². The molecule has 0 aliphatic rings. The first-order chi connectivity index (χ1) is 10.4. The van der Waals surface area contributed by atoms with Crippen LogP contribution in [0.1, 0.15) is 0 Å². The lowest BCUT2D eigenvalue weighted by atomic mass is 9.73. The third-order valence-corrected chi connectivity index (χ3v) is 5.27. The second-order valence-electron chi connectivity index (χ2n) is 5.33. The molecule has 0 spiro atoms. The molecule has 4 rings (SSSR count). The normalized spacial score (nSPS) is 11.1. The van der Waals surface area contributed by atoms with Crippen LogP contribution in [0.15, 0.2) is 66.7 Å². The van der Waals surface area contributed by atoms with Crippen LogP contribution in [-0.4, -0.2) is 7.28 Å². The molecule has 100 valence electrons. The van der Waals surface area contributed by atoms with Gasteiger partial charge in [0, 0.05) is 20.2 Å². The lowest BCUT2D eigenvalue weighted by Crippen LogP contribution is -2.09. The van der Waals surface area contributed by atoms with E-state index in [4.69, 9.17) is 0 Å². The van der Waals surface area contributed by atoms with E-state index in [2.05, 4.69) is 73.6 Å². The van der Waals surface area contributed by atoms with Gasteiger partial charge >= 0.3 is 0 Å². The van der Waals surface area contributed by atoms with Gasteiger partial charge in [0.05, 0.1) is 0 Å². The molecule has 0 radical (unpaired) electrons. The monoisotopic (exact) mass is 286 g/mol. The summed E-state index contributed by atoms with van der Waals surface area (Å²) in [5.41, 5.74) is 4.07. The van der Waals surface area contributed by atoms with Crippen molar-refractivity contribution in [3.8, 4) is 11.1 Å². The molecule has 0 saturated heterocycles. The summed E-state index contributed by atoms with van der Waals surface area (Å²) in [6.07, 6.45) is 0. The van der Waals surface area contributed by atoms with Crippen LogP contribution < -0.4 is 5.46 Å². The van der Waals surface area contributed by atoms with Crippen LogP contribution in [0.3, 0.4) is 0 Å². The maximum absolute atomic E-state index is 2.32. The summed E-state index contributed by atoms with van der Waals surface area (Å²) in [5.74, 6) is 0.